The van der Waals surface area contributed by atoms with Crippen molar-refractivity contribution in [1.82, 2.24) is 5.32 Å². The number of carbonyl (C=O) groups is 1. The molecule has 2 aromatic carbocycles. The number of nitro groups is 1. The summed E-state index contributed by atoms with van der Waals surface area (Å²) in [5, 5.41) is 13.6. The van der Waals surface area contributed by atoms with E-state index in [-0.39, 0.29) is 11.4 Å². The largest absolute Gasteiger partial charge is 0.355 e. The fourth-order valence-corrected chi connectivity index (χ4v) is 3.36. The number of aryl methyl sites for hydroxylation is 1. The van der Waals surface area contributed by atoms with Crippen molar-refractivity contribution in [3.63, 3.8) is 0 Å². The van der Waals surface area contributed by atoms with Crippen LogP contribution >= 0.6 is 0 Å². The predicted molar refractivity (Wildman–Crippen MR) is 103 cm³/mol. The zero-order chi connectivity index (χ0) is 19.9. The number of rotatable bonds is 9. The normalized spacial score (nSPS) is 11.0. The SMILES string of the molecule is CS(=O)(=O)N(CC(=O)NCCCc1ccccc1)c1cccc([N+](=O)[O-])c1. The second kappa shape index (κ2) is 9.13. The summed E-state index contributed by atoms with van der Waals surface area (Å²) in [5.41, 5.74) is 0.983. The van der Waals surface area contributed by atoms with Crippen LogP contribution in [0, 0.1) is 10.1 Å². The van der Waals surface area contributed by atoms with E-state index in [1.807, 2.05) is 30.3 Å². The van der Waals surface area contributed by atoms with Gasteiger partial charge in [0, 0.05) is 18.7 Å². The molecule has 8 nitrogen and oxygen atoms in total. The number of carbonyl (C=O) groups excluding carboxylic acids is 1. The monoisotopic (exact) mass is 391 g/mol. The van der Waals surface area contributed by atoms with Crippen molar-refractivity contribution in [2.45, 2.75) is 12.8 Å². The van der Waals surface area contributed by atoms with E-state index in [2.05, 4.69) is 5.32 Å². The smallest absolute Gasteiger partial charge is 0.271 e. The summed E-state index contributed by atoms with van der Waals surface area (Å²) in [6.45, 7) is -0.0361. The predicted octanol–water partition coefficient (Wildman–Crippen LogP) is 2.11. The van der Waals surface area contributed by atoms with E-state index in [0.717, 1.165) is 28.6 Å². The Morgan fingerprint density at radius 2 is 1.85 bits per heavy atom. The number of amides is 1. The summed E-state index contributed by atoms with van der Waals surface area (Å²) in [5.74, 6) is -0.472. The lowest BCUT2D eigenvalue weighted by molar-refractivity contribution is -0.384. The van der Waals surface area contributed by atoms with Crippen LogP contribution in [0.15, 0.2) is 54.6 Å². The van der Waals surface area contributed by atoms with Gasteiger partial charge in [0.1, 0.15) is 6.54 Å². The number of anilines is 1. The highest BCUT2D eigenvalue weighted by Crippen LogP contribution is 2.22. The molecule has 0 spiro atoms. The van der Waals surface area contributed by atoms with Gasteiger partial charge in [-0.3, -0.25) is 19.2 Å². The molecule has 0 saturated heterocycles. The highest BCUT2D eigenvalue weighted by Gasteiger charge is 2.22. The minimum atomic E-state index is -3.78. The molecule has 0 aliphatic heterocycles. The molecule has 9 heteroatoms. The third-order valence-corrected chi connectivity index (χ3v) is 4.96. The van der Waals surface area contributed by atoms with Crippen molar-refractivity contribution >= 4 is 27.3 Å². The minimum Gasteiger partial charge on any atom is -0.355 e. The Labute approximate surface area is 158 Å². The number of nitro benzene ring substituents is 1. The maximum absolute atomic E-state index is 12.2. The molecule has 0 aliphatic carbocycles. The van der Waals surface area contributed by atoms with E-state index >= 15 is 0 Å². The molecular weight excluding hydrogens is 370 g/mol. The quantitative estimate of drug-likeness (QED) is 0.400. The van der Waals surface area contributed by atoms with Crippen LogP contribution in [0.2, 0.25) is 0 Å². The molecule has 144 valence electrons. The van der Waals surface area contributed by atoms with Crippen LogP contribution in [0.1, 0.15) is 12.0 Å². The summed E-state index contributed by atoms with van der Waals surface area (Å²) in [4.78, 5) is 22.4. The molecule has 0 atom stereocenters. The molecular formula is C18H21N3O5S. The molecule has 1 N–H and O–H groups in total. The Hall–Kier alpha value is -2.94. The first kappa shape index (κ1) is 20.4. The lowest BCUT2D eigenvalue weighted by Gasteiger charge is -2.21. The zero-order valence-electron chi connectivity index (χ0n) is 14.9. The molecule has 0 unspecified atom stereocenters. The van der Waals surface area contributed by atoms with Gasteiger partial charge in [-0.1, -0.05) is 36.4 Å². The van der Waals surface area contributed by atoms with Gasteiger partial charge in [0.05, 0.1) is 16.9 Å². The van der Waals surface area contributed by atoms with Gasteiger partial charge < -0.3 is 5.32 Å². The summed E-state index contributed by atoms with van der Waals surface area (Å²) in [7, 11) is -3.78. The molecule has 0 radical (unpaired) electrons. The molecule has 0 bridgehead atoms. The second-order valence-corrected chi connectivity index (χ2v) is 7.89. The van der Waals surface area contributed by atoms with Crippen molar-refractivity contribution in [2.24, 2.45) is 0 Å². The molecule has 0 fully saturated rings. The fourth-order valence-electron chi connectivity index (χ4n) is 2.51. The second-order valence-electron chi connectivity index (χ2n) is 5.99. The summed E-state index contributed by atoms with van der Waals surface area (Å²) in [6.07, 6.45) is 2.46. The number of hydrogen-bond donors (Lipinski definition) is 1. The summed E-state index contributed by atoms with van der Waals surface area (Å²) >= 11 is 0. The Morgan fingerprint density at radius 3 is 2.48 bits per heavy atom. The first-order valence-corrected chi connectivity index (χ1v) is 10.1. The molecule has 0 saturated carbocycles. The Kier molecular flexibility index (Phi) is 6.89. The molecule has 1 amide bonds. The topological polar surface area (TPSA) is 110 Å². The van der Waals surface area contributed by atoms with Gasteiger partial charge in [0.2, 0.25) is 15.9 Å². The van der Waals surface area contributed by atoms with E-state index in [0.29, 0.717) is 13.0 Å². The van der Waals surface area contributed by atoms with Gasteiger partial charge in [0.25, 0.3) is 5.69 Å². The van der Waals surface area contributed by atoms with Crippen LogP contribution < -0.4 is 9.62 Å². The summed E-state index contributed by atoms with van der Waals surface area (Å²) < 4.78 is 24.9. The average Bonchev–Trinajstić information content (AvgIpc) is 2.63. The van der Waals surface area contributed by atoms with Gasteiger partial charge in [-0.15, -0.1) is 0 Å². The Balaban J connectivity index is 1.96. The van der Waals surface area contributed by atoms with Gasteiger partial charge >= 0.3 is 0 Å². The number of nitrogens with zero attached hydrogens (tertiary/aromatic N) is 2. The number of non-ortho nitro benzene ring substituents is 1. The van der Waals surface area contributed by atoms with Crippen LogP contribution in [-0.2, 0) is 21.2 Å². The fraction of sp³-hybridized carbons (Fsp3) is 0.278. The van der Waals surface area contributed by atoms with E-state index in [4.69, 9.17) is 0 Å². The van der Waals surface area contributed by atoms with E-state index in [1.54, 1.807) is 0 Å². The molecule has 0 aromatic heterocycles. The van der Waals surface area contributed by atoms with Crippen LogP contribution in [0.3, 0.4) is 0 Å². The number of benzene rings is 2. The van der Waals surface area contributed by atoms with Crippen LogP contribution in [-0.4, -0.2) is 38.6 Å². The Morgan fingerprint density at radius 1 is 1.15 bits per heavy atom. The van der Waals surface area contributed by atoms with Crippen LogP contribution in [0.5, 0.6) is 0 Å². The van der Waals surface area contributed by atoms with Crippen molar-refractivity contribution in [1.29, 1.82) is 0 Å². The highest BCUT2D eigenvalue weighted by atomic mass is 32.2. The zero-order valence-corrected chi connectivity index (χ0v) is 15.7. The van der Waals surface area contributed by atoms with Gasteiger partial charge in [-0.05, 0) is 24.5 Å². The van der Waals surface area contributed by atoms with E-state index in [1.165, 1.54) is 18.2 Å². The van der Waals surface area contributed by atoms with Crippen molar-refractivity contribution in [3.8, 4) is 0 Å². The number of sulfonamides is 1. The third-order valence-electron chi connectivity index (χ3n) is 3.82. The maximum Gasteiger partial charge on any atom is 0.271 e. The minimum absolute atomic E-state index is 0.0751. The van der Waals surface area contributed by atoms with E-state index in [9.17, 15) is 23.3 Å². The third kappa shape index (κ3) is 6.37. The molecule has 0 heterocycles. The Bertz CT molecular complexity index is 900. The van der Waals surface area contributed by atoms with Crippen LogP contribution in [0.25, 0.3) is 0 Å². The van der Waals surface area contributed by atoms with Gasteiger partial charge in [-0.25, -0.2) is 8.42 Å². The lowest BCUT2D eigenvalue weighted by atomic mass is 10.1. The molecule has 0 aliphatic rings. The first-order valence-electron chi connectivity index (χ1n) is 8.30. The van der Waals surface area contributed by atoms with Crippen molar-refractivity contribution in [2.75, 3.05) is 23.7 Å². The maximum atomic E-state index is 12.2. The lowest BCUT2D eigenvalue weighted by Crippen LogP contribution is -2.40. The van der Waals surface area contributed by atoms with Crippen LogP contribution in [0.4, 0.5) is 11.4 Å². The number of nitrogens with one attached hydrogen (secondary N) is 1. The first-order chi connectivity index (χ1) is 12.8. The summed E-state index contributed by atoms with van der Waals surface area (Å²) in [6, 6.07) is 15.0. The van der Waals surface area contributed by atoms with Crippen molar-refractivity contribution < 1.29 is 18.1 Å². The van der Waals surface area contributed by atoms with Gasteiger partial charge in [0.15, 0.2) is 0 Å². The average molecular weight is 391 g/mol. The van der Waals surface area contributed by atoms with E-state index < -0.39 is 27.4 Å². The van der Waals surface area contributed by atoms with Crippen molar-refractivity contribution in [3.05, 3.63) is 70.3 Å². The highest BCUT2D eigenvalue weighted by molar-refractivity contribution is 7.92. The molecule has 2 aromatic rings. The number of hydrogen-bond acceptors (Lipinski definition) is 5. The molecule has 27 heavy (non-hydrogen) atoms. The van der Waals surface area contributed by atoms with Gasteiger partial charge in [-0.2, -0.15) is 0 Å². The standard InChI is InChI=1S/C18H21N3O5S/c1-27(25,26)20(16-10-5-11-17(13-16)21(23)24)14-18(22)19-12-6-9-15-7-3-2-4-8-15/h2-5,7-8,10-11,13H,6,9,12,14H2,1H3,(H,19,22). The molecule has 2 rings (SSSR count).